The van der Waals surface area contributed by atoms with Crippen molar-refractivity contribution in [3.8, 4) is 0 Å². The first-order valence-corrected chi connectivity index (χ1v) is 7.35. The van der Waals surface area contributed by atoms with Gasteiger partial charge in [-0.15, -0.1) is 0 Å². The molecule has 6 heteroatoms. The molecule has 4 atom stereocenters. The van der Waals surface area contributed by atoms with Crippen LogP contribution in [0, 0.1) is 29.4 Å². The number of carbonyl (C=O) groups is 2. The normalized spacial score (nSPS) is 29.4. The Morgan fingerprint density at radius 1 is 1.23 bits per heavy atom. The third-order valence-corrected chi connectivity index (χ3v) is 4.88. The smallest absolute Gasteiger partial charge is 0.311 e. The molecule has 3 rings (SSSR count). The minimum atomic E-state index is -1.17. The monoisotopic (exact) mass is 309 g/mol. The lowest BCUT2D eigenvalue weighted by molar-refractivity contribution is -0.148. The Morgan fingerprint density at radius 3 is 2.68 bits per heavy atom. The van der Waals surface area contributed by atoms with Gasteiger partial charge in [-0.3, -0.25) is 9.59 Å². The molecule has 4 nitrogen and oxygen atoms in total. The summed E-state index contributed by atoms with van der Waals surface area (Å²) in [5, 5.41) is 2.71. The lowest BCUT2D eigenvalue weighted by atomic mass is 9.84. The van der Waals surface area contributed by atoms with Crippen LogP contribution in [0.25, 0.3) is 0 Å². The summed E-state index contributed by atoms with van der Waals surface area (Å²) in [6.45, 7) is 0. The van der Waals surface area contributed by atoms with Crippen molar-refractivity contribution in [2.75, 3.05) is 7.11 Å². The molecule has 1 N–H and O–H groups in total. The highest BCUT2D eigenvalue weighted by molar-refractivity contribution is 5.95. The van der Waals surface area contributed by atoms with Crippen LogP contribution in [-0.4, -0.2) is 25.0 Å². The Labute approximate surface area is 126 Å². The standard InChI is InChI=1S/C16H17F2NO3/c1-22-16(21)12-8-5-6-9(7-8)14(12)19-15(20)10-3-2-4-11(17)13(10)18/h2-4,8-9,12,14H,5-7H2,1H3,(H,19,20)/t8-,9-,12+,14+/m0/s1. The van der Waals surface area contributed by atoms with Gasteiger partial charge >= 0.3 is 5.97 Å². The molecule has 2 fully saturated rings. The molecule has 1 aromatic carbocycles. The zero-order chi connectivity index (χ0) is 15.9. The molecular formula is C16H17F2NO3. The molecule has 1 amide bonds. The third kappa shape index (κ3) is 2.36. The Hall–Kier alpha value is -1.98. The van der Waals surface area contributed by atoms with Gasteiger partial charge in [0.15, 0.2) is 11.6 Å². The number of nitrogens with one attached hydrogen (secondary N) is 1. The quantitative estimate of drug-likeness (QED) is 0.872. The second-order valence-corrected chi connectivity index (χ2v) is 5.98. The first kappa shape index (κ1) is 14.9. The van der Waals surface area contributed by atoms with Gasteiger partial charge in [-0.2, -0.15) is 0 Å². The van der Waals surface area contributed by atoms with Crippen molar-refractivity contribution < 1.29 is 23.1 Å². The summed E-state index contributed by atoms with van der Waals surface area (Å²) in [6, 6.07) is 3.10. The lowest BCUT2D eigenvalue weighted by Gasteiger charge is -2.29. The van der Waals surface area contributed by atoms with E-state index in [1.54, 1.807) is 0 Å². The van der Waals surface area contributed by atoms with Gasteiger partial charge in [0.25, 0.3) is 5.91 Å². The molecule has 0 saturated heterocycles. The number of ether oxygens (including phenoxy) is 1. The van der Waals surface area contributed by atoms with Gasteiger partial charge in [0.05, 0.1) is 18.6 Å². The Balaban J connectivity index is 1.81. The van der Waals surface area contributed by atoms with Gasteiger partial charge in [-0.05, 0) is 43.2 Å². The van der Waals surface area contributed by atoms with Crippen LogP contribution in [0.5, 0.6) is 0 Å². The van der Waals surface area contributed by atoms with Crippen molar-refractivity contribution >= 4 is 11.9 Å². The molecule has 1 aromatic rings. The van der Waals surface area contributed by atoms with Gasteiger partial charge < -0.3 is 10.1 Å². The zero-order valence-corrected chi connectivity index (χ0v) is 12.1. The fourth-order valence-electron chi connectivity index (χ4n) is 3.88. The second kappa shape index (κ2) is 5.66. The van der Waals surface area contributed by atoms with E-state index >= 15 is 0 Å². The first-order chi connectivity index (χ1) is 10.5. The Morgan fingerprint density at radius 2 is 1.95 bits per heavy atom. The van der Waals surface area contributed by atoms with Crippen LogP contribution >= 0.6 is 0 Å². The van der Waals surface area contributed by atoms with Crippen LogP contribution in [-0.2, 0) is 9.53 Å². The topological polar surface area (TPSA) is 55.4 Å². The number of methoxy groups -OCH3 is 1. The fourth-order valence-corrected chi connectivity index (χ4v) is 3.88. The largest absolute Gasteiger partial charge is 0.469 e. The summed E-state index contributed by atoms with van der Waals surface area (Å²) >= 11 is 0. The maximum Gasteiger partial charge on any atom is 0.311 e. The van der Waals surface area contributed by atoms with E-state index in [1.165, 1.54) is 19.2 Å². The van der Waals surface area contributed by atoms with E-state index in [1.807, 2.05) is 0 Å². The molecule has 0 radical (unpaired) electrons. The van der Waals surface area contributed by atoms with E-state index in [0.29, 0.717) is 0 Å². The molecule has 0 heterocycles. The van der Waals surface area contributed by atoms with Crippen LogP contribution in [0.4, 0.5) is 8.78 Å². The summed E-state index contributed by atoms with van der Waals surface area (Å²) in [7, 11) is 1.32. The number of benzene rings is 1. The highest BCUT2D eigenvalue weighted by Gasteiger charge is 2.52. The molecule has 0 aromatic heterocycles. The van der Waals surface area contributed by atoms with Crippen molar-refractivity contribution in [1.82, 2.24) is 5.32 Å². The molecule has 22 heavy (non-hydrogen) atoms. The average molecular weight is 309 g/mol. The number of fused-ring (bicyclic) bond motifs is 2. The highest BCUT2D eigenvalue weighted by atomic mass is 19.2. The van der Waals surface area contributed by atoms with E-state index in [-0.39, 0.29) is 29.4 Å². The number of hydrogen-bond donors (Lipinski definition) is 1. The lowest BCUT2D eigenvalue weighted by Crippen LogP contribution is -2.47. The summed E-state index contributed by atoms with van der Waals surface area (Å²) in [4.78, 5) is 24.2. The third-order valence-electron chi connectivity index (χ3n) is 4.88. The summed E-state index contributed by atoms with van der Waals surface area (Å²) < 4.78 is 31.8. The van der Waals surface area contributed by atoms with Gasteiger partial charge in [0.1, 0.15) is 0 Å². The van der Waals surface area contributed by atoms with E-state index in [2.05, 4.69) is 5.32 Å². The predicted molar refractivity (Wildman–Crippen MR) is 73.9 cm³/mol. The number of rotatable bonds is 3. The Bertz CT molecular complexity index is 619. The highest BCUT2D eigenvalue weighted by Crippen LogP contribution is 2.49. The second-order valence-electron chi connectivity index (χ2n) is 5.98. The molecular weight excluding hydrogens is 292 g/mol. The predicted octanol–water partition coefficient (Wildman–Crippen LogP) is 2.28. The number of hydrogen-bond acceptors (Lipinski definition) is 3. The van der Waals surface area contributed by atoms with Crippen molar-refractivity contribution in [2.45, 2.75) is 25.3 Å². The van der Waals surface area contributed by atoms with Crippen LogP contribution in [0.15, 0.2) is 18.2 Å². The van der Waals surface area contributed by atoms with E-state index in [0.717, 1.165) is 25.3 Å². The molecule has 0 aliphatic heterocycles. The molecule has 2 bridgehead atoms. The maximum atomic E-state index is 13.7. The maximum absolute atomic E-state index is 13.7. The van der Waals surface area contributed by atoms with Gasteiger partial charge in [-0.1, -0.05) is 6.07 Å². The number of carbonyl (C=O) groups excluding carboxylic acids is 2. The van der Waals surface area contributed by atoms with Gasteiger partial charge in [-0.25, -0.2) is 8.78 Å². The fraction of sp³-hybridized carbons (Fsp3) is 0.500. The number of halogens is 2. The van der Waals surface area contributed by atoms with Crippen LogP contribution in [0.2, 0.25) is 0 Å². The minimum Gasteiger partial charge on any atom is -0.469 e. The minimum absolute atomic E-state index is 0.190. The molecule has 118 valence electrons. The summed E-state index contributed by atoms with van der Waals surface area (Å²) in [5.74, 6) is -3.29. The molecule has 0 spiro atoms. The van der Waals surface area contributed by atoms with Gasteiger partial charge in [0, 0.05) is 6.04 Å². The summed E-state index contributed by atoms with van der Waals surface area (Å²) in [5.41, 5.74) is -0.341. The number of amides is 1. The first-order valence-electron chi connectivity index (χ1n) is 7.35. The van der Waals surface area contributed by atoms with Gasteiger partial charge in [0.2, 0.25) is 0 Å². The molecule has 0 unspecified atom stereocenters. The number of esters is 1. The SMILES string of the molecule is COC(=O)[C@@H]1[C@H]2CC[C@@H](C2)[C@H]1NC(=O)c1cccc(F)c1F. The van der Waals surface area contributed by atoms with E-state index in [4.69, 9.17) is 4.74 Å². The van der Waals surface area contributed by atoms with Crippen LogP contribution < -0.4 is 5.32 Å². The summed E-state index contributed by atoms with van der Waals surface area (Å²) in [6.07, 6.45) is 2.72. The molecule has 2 saturated carbocycles. The molecule has 2 aliphatic carbocycles. The Kier molecular flexibility index (Phi) is 3.85. The zero-order valence-electron chi connectivity index (χ0n) is 12.1. The van der Waals surface area contributed by atoms with Crippen LogP contribution in [0.3, 0.4) is 0 Å². The average Bonchev–Trinajstić information content (AvgIpc) is 3.10. The van der Waals surface area contributed by atoms with Crippen molar-refractivity contribution in [1.29, 1.82) is 0 Å². The van der Waals surface area contributed by atoms with Crippen molar-refractivity contribution in [3.05, 3.63) is 35.4 Å². The van der Waals surface area contributed by atoms with Crippen molar-refractivity contribution in [3.63, 3.8) is 0 Å². The van der Waals surface area contributed by atoms with Crippen LogP contribution in [0.1, 0.15) is 29.6 Å². The molecule has 2 aliphatic rings. The van der Waals surface area contributed by atoms with E-state index < -0.39 is 23.5 Å². The van der Waals surface area contributed by atoms with E-state index in [9.17, 15) is 18.4 Å². The van der Waals surface area contributed by atoms with Crippen molar-refractivity contribution in [2.24, 2.45) is 17.8 Å².